The Balaban J connectivity index is 1.49. The van der Waals surface area contributed by atoms with Crippen molar-refractivity contribution in [1.82, 2.24) is 14.6 Å². The van der Waals surface area contributed by atoms with Crippen LogP contribution in [-0.4, -0.2) is 36.7 Å². The van der Waals surface area contributed by atoms with Gasteiger partial charge in [0.1, 0.15) is 0 Å². The molecule has 6 nitrogen and oxygen atoms in total. The van der Waals surface area contributed by atoms with Gasteiger partial charge in [0.25, 0.3) is 0 Å². The summed E-state index contributed by atoms with van der Waals surface area (Å²) >= 11 is 0. The zero-order chi connectivity index (χ0) is 18.4. The van der Waals surface area contributed by atoms with Crippen molar-refractivity contribution in [1.29, 1.82) is 0 Å². The number of carbonyl (C=O) groups is 1. The van der Waals surface area contributed by atoms with Crippen molar-refractivity contribution < 1.29 is 13.2 Å². The molecule has 1 aliphatic heterocycles. The van der Waals surface area contributed by atoms with Crippen LogP contribution in [0.1, 0.15) is 24.1 Å². The first-order chi connectivity index (χ1) is 12.5. The van der Waals surface area contributed by atoms with Crippen molar-refractivity contribution in [3.05, 3.63) is 66.0 Å². The van der Waals surface area contributed by atoms with Crippen molar-refractivity contribution in [3.8, 4) is 0 Å². The Labute approximate surface area is 154 Å². The number of hydrogen-bond donors (Lipinski definition) is 1. The van der Waals surface area contributed by atoms with Crippen LogP contribution in [0, 0.1) is 5.92 Å². The van der Waals surface area contributed by atoms with Gasteiger partial charge in [-0.1, -0.05) is 36.4 Å². The highest BCUT2D eigenvalue weighted by Gasteiger charge is 2.31. The summed E-state index contributed by atoms with van der Waals surface area (Å²) in [5.41, 5.74) is 1.59. The monoisotopic (exact) mass is 373 g/mol. The number of nitrogens with one attached hydrogen (secondary N) is 1. The van der Waals surface area contributed by atoms with E-state index in [1.54, 1.807) is 6.20 Å². The summed E-state index contributed by atoms with van der Waals surface area (Å²) in [6.45, 7) is 1.17. The van der Waals surface area contributed by atoms with Crippen molar-refractivity contribution in [2.75, 3.05) is 13.1 Å². The number of piperidine rings is 1. The van der Waals surface area contributed by atoms with E-state index in [9.17, 15) is 13.2 Å². The molecule has 26 heavy (non-hydrogen) atoms. The first kappa shape index (κ1) is 18.5. The summed E-state index contributed by atoms with van der Waals surface area (Å²) in [5, 5.41) is 2.89. The highest BCUT2D eigenvalue weighted by molar-refractivity contribution is 7.88. The van der Waals surface area contributed by atoms with Gasteiger partial charge in [-0.2, -0.15) is 0 Å². The Bertz CT molecular complexity index is 818. The van der Waals surface area contributed by atoms with Crippen LogP contribution in [0.2, 0.25) is 0 Å². The van der Waals surface area contributed by atoms with Crippen molar-refractivity contribution in [3.63, 3.8) is 0 Å². The average Bonchev–Trinajstić information content (AvgIpc) is 2.67. The number of rotatable bonds is 6. The molecule has 1 saturated heterocycles. The molecule has 0 spiro atoms. The fourth-order valence-corrected chi connectivity index (χ4v) is 4.66. The van der Waals surface area contributed by atoms with Crippen LogP contribution >= 0.6 is 0 Å². The van der Waals surface area contributed by atoms with Crippen molar-refractivity contribution >= 4 is 15.9 Å². The minimum absolute atomic E-state index is 0.00434. The van der Waals surface area contributed by atoms with Gasteiger partial charge in [0.2, 0.25) is 15.9 Å². The number of pyridine rings is 1. The SMILES string of the molecule is O=C(NCc1ccccn1)C1CCN(S(=O)(=O)Cc2ccccc2)CC1. The standard InChI is InChI=1S/C19H23N3O3S/c23-19(21-14-18-8-4-5-11-20-18)17-9-12-22(13-10-17)26(24,25)15-16-6-2-1-3-7-16/h1-8,11,17H,9-10,12-15H2,(H,21,23). The predicted molar refractivity (Wildman–Crippen MR) is 99.4 cm³/mol. The van der Waals surface area contributed by atoms with Gasteiger partial charge in [-0.05, 0) is 30.5 Å². The largest absolute Gasteiger partial charge is 0.350 e. The first-order valence-electron chi connectivity index (χ1n) is 8.74. The van der Waals surface area contributed by atoms with E-state index in [0.29, 0.717) is 32.5 Å². The molecule has 1 amide bonds. The lowest BCUT2D eigenvalue weighted by Crippen LogP contribution is -2.43. The van der Waals surface area contributed by atoms with Gasteiger partial charge in [0, 0.05) is 25.2 Å². The van der Waals surface area contributed by atoms with E-state index >= 15 is 0 Å². The summed E-state index contributed by atoms with van der Waals surface area (Å²) in [6.07, 6.45) is 2.78. The fourth-order valence-electron chi connectivity index (χ4n) is 3.10. The van der Waals surface area contributed by atoms with Crippen LogP contribution in [0.5, 0.6) is 0 Å². The van der Waals surface area contributed by atoms with E-state index in [1.165, 1.54) is 4.31 Å². The van der Waals surface area contributed by atoms with Gasteiger partial charge in [0.15, 0.2) is 0 Å². The lowest BCUT2D eigenvalue weighted by molar-refractivity contribution is -0.126. The number of nitrogens with zero attached hydrogens (tertiary/aromatic N) is 2. The smallest absolute Gasteiger partial charge is 0.223 e. The van der Waals surface area contributed by atoms with Gasteiger partial charge < -0.3 is 5.32 Å². The zero-order valence-corrected chi connectivity index (χ0v) is 15.4. The second-order valence-corrected chi connectivity index (χ2v) is 8.42. The molecule has 3 rings (SSSR count). The van der Waals surface area contributed by atoms with Crippen LogP contribution in [0.25, 0.3) is 0 Å². The van der Waals surface area contributed by atoms with E-state index < -0.39 is 10.0 Å². The number of hydrogen-bond acceptors (Lipinski definition) is 4. The minimum Gasteiger partial charge on any atom is -0.350 e. The highest BCUT2D eigenvalue weighted by Crippen LogP contribution is 2.22. The summed E-state index contributed by atoms with van der Waals surface area (Å²) in [6, 6.07) is 14.7. The third kappa shape index (κ3) is 4.89. The van der Waals surface area contributed by atoms with Gasteiger partial charge in [-0.25, -0.2) is 12.7 Å². The maximum atomic E-state index is 12.6. The molecule has 0 unspecified atom stereocenters. The lowest BCUT2D eigenvalue weighted by Gasteiger charge is -2.30. The zero-order valence-electron chi connectivity index (χ0n) is 14.5. The molecular formula is C19H23N3O3S. The van der Waals surface area contributed by atoms with Gasteiger partial charge >= 0.3 is 0 Å². The maximum Gasteiger partial charge on any atom is 0.223 e. The number of amides is 1. The molecule has 0 atom stereocenters. The third-order valence-electron chi connectivity index (χ3n) is 4.58. The van der Waals surface area contributed by atoms with E-state index in [1.807, 2.05) is 48.5 Å². The number of benzene rings is 1. The van der Waals surface area contributed by atoms with E-state index in [0.717, 1.165) is 11.3 Å². The Morgan fingerprint density at radius 2 is 1.77 bits per heavy atom. The average molecular weight is 373 g/mol. The highest BCUT2D eigenvalue weighted by atomic mass is 32.2. The van der Waals surface area contributed by atoms with Gasteiger partial charge in [0.05, 0.1) is 18.0 Å². The molecule has 1 fully saturated rings. The normalized spacial score (nSPS) is 16.3. The molecule has 0 bridgehead atoms. The van der Waals surface area contributed by atoms with Crippen LogP contribution in [0.3, 0.4) is 0 Å². The third-order valence-corrected chi connectivity index (χ3v) is 6.43. The first-order valence-corrected chi connectivity index (χ1v) is 10.3. The fraction of sp³-hybridized carbons (Fsp3) is 0.368. The molecule has 2 aromatic rings. The number of aromatic nitrogens is 1. The molecule has 1 aromatic heterocycles. The molecule has 2 heterocycles. The van der Waals surface area contributed by atoms with E-state index in [-0.39, 0.29) is 17.6 Å². The Morgan fingerprint density at radius 1 is 1.08 bits per heavy atom. The van der Waals surface area contributed by atoms with Gasteiger partial charge in [-0.15, -0.1) is 0 Å². The number of carbonyl (C=O) groups excluding carboxylic acids is 1. The van der Waals surface area contributed by atoms with E-state index in [2.05, 4.69) is 10.3 Å². The minimum atomic E-state index is -3.35. The Kier molecular flexibility index (Phi) is 6.00. The summed E-state index contributed by atoms with van der Waals surface area (Å²) < 4.78 is 26.6. The topological polar surface area (TPSA) is 79.4 Å². The van der Waals surface area contributed by atoms with E-state index in [4.69, 9.17) is 0 Å². The Hall–Kier alpha value is -2.25. The van der Waals surface area contributed by atoms with Crippen LogP contribution in [0.15, 0.2) is 54.7 Å². The molecule has 0 aliphatic carbocycles. The molecule has 0 saturated carbocycles. The molecule has 1 N–H and O–H groups in total. The summed E-state index contributed by atoms with van der Waals surface area (Å²) in [5.74, 6) is -0.178. The molecule has 138 valence electrons. The maximum absolute atomic E-state index is 12.6. The summed E-state index contributed by atoms with van der Waals surface area (Å²) in [7, 11) is -3.35. The van der Waals surface area contributed by atoms with Crippen molar-refractivity contribution in [2.45, 2.75) is 25.1 Å². The second kappa shape index (κ2) is 8.42. The van der Waals surface area contributed by atoms with Crippen LogP contribution < -0.4 is 5.32 Å². The Morgan fingerprint density at radius 3 is 2.42 bits per heavy atom. The second-order valence-electron chi connectivity index (χ2n) is 6.45. The number of sulfonamides is 1. The van der Waals surface area contributed by atoms with Crippen LogP contribution in [0.4, 0.5) is 0 Å². The van der Waals surface area contributed by atoms with Crippen molar-refractivity contribution in [2.24, 2.45) is 5.92 Å². The molecule has 7 heteroatoms. The molecule has 1 aliphatic rings. The molecular weight excluding hydrogens is 350 g/mol. The predicted octanol–water partition coefficient (Wildman–Crippen LogP) is 1.94. The molecule has 1 aromatic carbocycles. The molecule has 0 radical (unpaired) electrons. The quantitative estimate of drug-likeness (QED) is 0.839. The van der Waals surface area contributed by atoms with Gasteiger partial charge in [-0.3, -0.25) is 9.78 Å². The lowest BCUT2D eigenvalue weighted by atomic mass is 9.97. The summed E-state index contributed by atoms with van der Waals surface area (Å²) in [4.78, 5) is 16.5. The van der Waals surface area contributed by atoms with Crippen LogP contribution in [-0.2, 0) is 27.1 Å².